The quantitative estimate of drug-likeness (QED) is 0.795. The van der Waals surface area contributed by atoms with E-state index in [2.05, 4.69) is 38.2 Å². The Morgan fingerprint density at radius 2 is 1.84 bits per heavy atom. The fraction of sp³-hybridized carbons (Fsp3) is 0.533. The van der Waals surface area contributed by atoms with Crippen LogP contribution in [0.1, 0.15) is 30.6 Å². The first kappa shape index (κ1) is 15.5. The van der Waals surface area contributed by atoms with E-state index in [4.69, 9.17) is 5.11 Å². The Balaban J connectivity index is 2.69. The SMILES string of the molecule is CC(C)CC(CN(C)C)Nc1ccc(C(=O)O)cc1. The lowest BCUT2D eigenvalue weighted by atomic mass is 10.0. The van der Waals surface area contributed by atoms with E-state index < -0.39 is 5.97 Å². The van der Waals surface area contributed by atoms with E-state index in [0.717, 1.165) is 18.7 Å². The first-order valence-electron chi connectivity index (χ1n) is 6.63. The van der Waals surface area contributed by atoms with Crippen LogP contribution >= 0.6 is 0 Å². The van der Waals surface area contributed by atoms with E-state index in [1.165, 1.54) is 0 Å². The third kappa shape index (κ3) is 5.75. The second-order valence-corrected chi connectivity index (χ2v) is 5.62. The van der Waals surface area contributed by atoms with Gasteiger partial charge in [0.1, 0.15) is 0 Å². The van der Waals surface area contributed by atoms with Crippen LogP contribution in [-0.2, 0) is 0 Å². The number of carboxylic acid groups (broad SMARTS) is 1. The summed E-state index contributed by atoms with van der Waals surface area (Å²) in [6, 6.07) is 7.28. The van der Waals surface area contributed by atoms with Crippen LogP contribution in [0, 0.1) is 5.92 Å². The van der Waals surface area contributed by atoms with Crippen molar-refractivity contribution in [3.8, 4) is 0 Å². The number of carboxylic acids is 1. The van der Waals surface area contributed by atoms with Gasteiger partial charge in [-0.05, 0) is 50.7 Å². The summed E-state index contributed by atoms with van der Waals surface area (Å²) >= 11 is 0. The van der Waals surface area contributed by atoms with Crippen LogP contribution in [0.25, 0.3) is 0 Å². The second kappa shape index (κ2) is 7.14. The third-order valence-corrected chi connectivity index (χ3v) is 2.84. The van der Waals surface area contributed by atoms with Crippen LogP contribution in [0.15, 0.2) is 24.3 Å². The van der Waals surface area contributed by atoms with Gasteiger partial charge in [0.25, 0.3) is 0 Å². The molecular weight excluding hydrogens is 240 g/mol. The smallest absolute Gasteiger partial charge is 0.335 e. The zero-order chi connectivity index (χ0) is 14.4. The largest absolute Gasteiger partial charge is 0.478 e. The number of anilines is 1. The third-order valence-electron chi connectivity index (χ3n) is 2.84. The Bertz CT molecular complexity index is 389. The molecule has 0 radical (unpaired) electrons. The summed E-state index contributed by atoms with van der Waals surface area (Å²) < 4.78 is 0. The molecule has 1 aromatic rings. The fourth-order valence-electron chi connectivity index (χ4n) is 2.13. The van der Waals surface area contributed by atoms with Crippen molar-refractivity contribution in [1.82, 2.24) is 4.90 Å². The Morgan fingerprint density at radius 3 is 2.26 bits per heavy atom. The number of aromatic carboxylic acids is 1. The minimum atomic E-state index is -0.890. The fourth-order valence-corrected chi connectivity index (χ4v) is 2.13. The maximum atomic E-state index is 10.8. The number of hydrogen-bond donors (Lipinski definition) is 2. The van der Waals surface area contributed by atoms with Gasteiger partial charge in [0.2, 0.25) is 0 Å². The number of nitrogens with one attached hydrogen (secondary N) is 1. The molecule has 0 aliphatic rings. The van der Waals surface area contributed by atoms with Crippen molar-refractivity contribution in [2.45, 2.75) is 26.3 Å². The highest BCUT2D eigenvalue weighted by atomic mass is 16.4. The molecule has 0 aliphatic carbocycles. The number of nitrogens with zero attached hydrogens (tertiary/aromatic N) is 1. The molecule has 0 fully saturated rings. The molecule has 0 aliphatic heterocycles. The van der Waals surface area contributed by atoms with Crippen LogP contribution in [0.4, 0.5) is 5.69 Å². The highest BCUT2D eigenvalue weighted by molar-refractivity contribution is 5.87. The highest BCUT2D eigenvalue weighted by Gasteiger charge is 2.12. The van der Waals surface area contributed by atoms with Crippen molar-refractivity contribution >= 4 is 11.7 Å². The average Bonchev–Trinajstić information content (AvgIpc) is 2.27. The monoisotopic (exact) mass is 264 g/mol. The average molecular weight is 264 g/mol. The molecule has 0 spiro atoms. The van der Waals surface area contributed by atoms with E-state index >= 15 is 0 Å². The van der Waals surface area contributed by atoms with Gasteiger partial charge < -0.3 is 15.3 Å². The molecule has 0 aromatic heterocycles. The minimum absolute atomic E-state index is 0.318. The van der Waals surface area contributed by atoms with Gasteiger partial charge in [-0.1, -0.05) is 13.8 Å². The van der Waals surface area contributed by atoms with Crippen LogP contribution in [0.3, 0.4) is 0 Å². The van der Waals surface area contributed by atoms with Gasteiger partial charge in [-0.15, -0.1) is 0 Å². The zero-order valence-corrected chi connectivity index (χ0v) is 12.2. The molecule has 1 atom stereocenters. The number of hydrogen-bond acceptors (Lipinski definition) is 3. The predicted molar refractivity (Wildman–Crippen MR) is 78.8 cm³/mol. The number of rotatable bonds is 7. The summed E-state index contributed by atoms with van der Waals surface area (Å²) in [4.78, 5) is 13.0. The lowest BCUT2D eigenvalue weighted by Crippen LogP contribution is -2.33. The number of benzene rings is 1. The number of likely N-dealkylation sites (N-methyl/N-ethyl adjacent to an activating group) is 1. The first-order chi connectivity index (χ1) is 8.88. The molecule has 0 heterocycles. The minimum Gasteiger partial charge on any atom is -0.478 e. The van der Waals surface area contributed by atoms with E-state index in [1.54, 1.807) is 12.1 Å². The molecule has 0 saturated carbocycles. The molecule has 1 rings (SSSR count). The van der Waals surface area contributed by atoms with Crippen LogP contribution in [-0.4, -0.2) is 42.7 Å². The maximum Gasteiger partial charge on any atom is 0.335 e. The molecule has 106 valence electrons. The van der Waals surface area contributed by atoms with E-state index in [1.807, 2.05) is 12.1 Å². The van der Waals surface area contributed by atoms with Crippen LogP contribution < -0.4 is 5.32 Å². The summed E-state index contributed by atoms with van der Waals surface area (Å²) in [6.45, 7) is 5.37. The lowest BCUT2D eigenvalue weighted by molar-refractivity contribution is 0.0697. The second-order valence-electron chi connectivity index (χ2n) is 5.62. The predicted octanol–water partition coefficient (Wildman–Crippen LogP) is 2.77. The Labute approximate surface area is 115 Å². The lowest BCUT2D eigenvalue weighted by Gasteiger charge is -2.25. The van der Waals surface area contributed by atoms with E-state index in [9.17, 15) is 4.79 Å². The molecule has 2 N–H and O–H groups in total. The molecule has 0 amide bonds. The molecule has 4 heteroatoms. The van der Waals surface area contributed by atoms with E-state index in [-0.39, 0.29) is 0 Å². The summed E-state index contributed by atoms with van der Waals surface area (Å²) in [5, 5.41) is 12.3. The standard InChI is InChI=1S/C15H24N2O2/c1-11(2)9-14(10-17(3)4)16-13-7-5-12(6-8-13)15(18)19/h5-8,11,14,16H,9-10H2,1-4H3,(H,18,19). The Morgan fingerprint density at radius 1 is 1.26 bits per heavy atom. The molecule has 0 bridgehead atoms. The van der Waals surface area contributed by atoms with Gasteiger partial charge in [0.15, 0.2) is 0 Å². The van der Waals surface area contributed by atoms with Gasteiger partial charge >= 0.3 is 5.97 Å². The summed E-state index contributed by atoms with van der Waals surface area (Å²) in [6.07, 6.45) is 1.08. The van der Waals surface area contributed by atoms with Gasteiger partial charge in [-0.3, -0.25) is 0 Å². The number of carbonyl (C=O) groups is 1. The molecule has 1 unspecified atom stereocenters. The molecule has 0 saturated heterocycles. The zero-order valence-electron chi connectivity index (χ0n) is 12.2. The van der Waals surface area contributed by atoms with Crippen LogP contribution in [0.5, 0.6) is 0 Å². The topological polar surface area (TPSA) is 52.6 Å². The molecule has 19 heavy (non-hydrogen) atoms. The van der Waals surface area contributed by atoms with Crippen molar-refractivity contribution in [3.05, 3.63) is 29.8 Å². The van der Waals surface area contributed by atoms with Gasteiger partial charge in [0, 0.05) is 18.3 Å². The molecular formula is C15H24N2O2. The van der Waals surface area contributed by atoms with Crippen molar-refractivity contribution in [1.29, 1.82) is 0 Å². The van der Waals surface area contributed by atoms with Gasteiger partial charge in [-0.2, -0.15) is 0 Å². The van der Waals surface area contributed by atoms with Crippen LogP contribution in [0.2, 0.25) is 0 Å². The van der Waals surface area contributed by atoms with Gasteiger partial charge in [-0.25, -0.2) is 4.79 Å². The molecule has 1 aromatic carbocycles. The summed E-state index contributed by atoms with van der Waals surface area (Å²) in [7, 11) is 4.12. The van der Waals surface area contributed by atoms with Crippen molar-refractivity contribution in [3.63, 3.8) is 0 Å². The summed E-state index contributed by atoms with van der Waals surface area (Å²) in [5.41, 5.74) is 1.29. The van der Waals surface area contributed by atoms with Crippen molar-refractivity contribution in [2.24, 2.45) is 5.92 Å². The Hall–Kier alpha value is -1.55. The van der Waals surface area contributed by atoms with Crippen molar-refractivity contribution < 1.29 is 9.90 Å². The highest BCUT2D eigenvalue weighted by Crippen LogP contribution is 2.15. The Kier molecular flexibility index (Phi) is 5.83. The van der Waals surface area contributed by atoms with Gasteiger partial charge in [0.05, 0.1) is 5.56 Å². The normalized spacial score (nSPS) is 12.7. The van der Waals surface area contributed by atoms with E-state index in [0.29, 0.717) is 17.5 Å². The molecule has 4 nitrogen and oxygen atoms in total. The first-order valence-corrected chi connectivity index (χ1v) is 6.63. The maximum absolute atomic E-state index is 10.8. The summed E-state index contributed by atoms with van der Waals surface area (Å²) in [5.74, 6) is -0.269. The van der Waals surface area contributed by atoms with Crippen molar-refractivity contribution in [2.75, 3.05) is 26.0 Å².